The summed E-state index contributed by atoms with van der Waals surface area (Å²) < 4.78 is 5.85. The summed E-state index contributed by atoms with van der Waals surface area (Å²) >= 11 is 0. The molecule has 6 heteroatoms. The number of amides is 2. The van der Waals surface area contributed by atoms with Crippen LogP contribution in [0.15, 0.2) is 42.5 Å². The van der Waals surface area contributed by atoms with Crippen LogP contribution in [0.25, 0.3) is 0 Å². The standard InChI is InChI=1S/C20H26N4O2/c1-16-9-10-19(23-22-16)26-18-11-14-24(15-12-18)20(25)21-13-5-8-17-6-3-2-4-7-17/h2-4,6-7,9-10,18H,5,8,11-15H2,1H3,(H,21,25). The van der Waals surface area contributed by atoms with Crippen LogP contribution in [-0.4, -0.2) is 46.9 Å². The number of nitrogens with one attached hydrogen (secondary N) is 1. The summed E-state index contributed by atoms with van der Waals surface area (Å²) in [6.45, 7) is 4.00. The fourth-order valence-electron chi connectivity index (χ4n) is 3.04. The van der Waals surface area contributed by atoms with Gasteiger partial charge in [-0.3, -0.25) is 0 Å². The molecule has 2 aromatic rings. The number of carbonyl (C=O) groups excluding carboxylic acids is 1. The van der Waals surface area contributed by atoms with E-state index in [9.17, 15) is 4.79 Å². The molecule has 1 N–H and O–H groups in total. The molecule has 138 valence electrons. The first-order valence-corrected chi connectivity index (χ1v) is 9.24. The average Bonchev–Trinajstić information content (AvgIpc) is 2.68. The zero-order valence-electron chi connectivity index (χ0n) is 15.2. The third-order valence-electron chi connectivity index (χ3n) is 4.55. The van der Waals surface area contributed by atoms with Crippen LogP contribution in [-0.2, 0) is 6.42 Å². The fourth-order valence-corrected chi connectivity index (χ4v) is 3.04. The molecule has 6 nitrogen and oxygen atoms in total. The minimum absolute atomic E-state index is 0.0200. The first kappa shape index (κ1) is 18.2. The van der Waals surface area contributed by atoms with Crippen molar-refractivity contribution in [3.63, 3.8) is 0 Å². The highest BCUT2D eigenvalue weighted by Gasteiger charge is 2.24. The normalized spacial score (nSPS) is 14.9. The molecule has 1 aliphatic heterocycles. The summed E-state index contributed by atoms with van der Waals surface area (Å²) in [6, 6.07) is 14.1. The van der Waals surface area contributed by atoms with Gasteiger partial charge in [0.1, 0.15) is 6.10 Å². The molecule has 1 aromatic heterocycles. The number of ether oxygens (including phenoxy) is 1. The van der Waals surface area contributed by atoms with Gasteiger partial charge in [0, 0.05) is 38.5 Å². The Morgan fingerprint density at radius 1 is 1.15 bits per heavy atom. The van der Waals surface area contributed by atoms with Gasteiger partial charge >= 0.3 is 6.03 Å². The Hall–Kier alpha value is -2.63. The topological polar surface area (TPSA) is 67.3 Å². The molecule has 0 bridgehead atoms. The van der Waals surface area contributed by atoms with Crippen molar-refractivity contribution in [1.29, 1.82) is 0 Å². The molecule has 1 fully saturated rings. The quantitative estimate of drug-likeness (QED) is 0.810. The number of aryl methyl sites for hydroxylation is 2. The van der Waals surface area contributed by atoms with Crippen LogP contribution in [0.4, 0.5) is 4.79 Å². The number of nitrogens with zero attached hydrogens (tertiary/aromatic N) is 3. The molecule has 1 aliphatic rings. The lowest BCUT2D eigenvalue weighted by molar-refractivity contribution is 0.106. The van der Waals surface area contributed by atoms with E-state index < -0.39 is 0 Å². The maximum atomic E-state index is 12.3. The van der Waals surface area contributed by atoms with E-state index in [1.165, 1.54) is 5.56 Å². The van der Waals surface area contributed by atoms with Gasteiger partial charge in [-0.25, -0.2) is 4.79 Å². The largest absolute Gasteiger partial charge is 0.473 e. The van der Waals surface area contributed by atoms with Crippen molar-refractivity contribution in [3.05, 3.63) is 53.7 Å². The predicted octanol–water partition coefficient (Wildman–Crippen LogP) is 2.97. The van der Waals surface area contributed by atoms with E-state index in [1.807, 2.05) is 42.2 Å². The molecule has 0 aliphatic carbocycles. The highest BCUT2D eigenvalue weighted by atomic mass is 16.5. The molecule has 2 amide bonds. The average molecular weight is 354 g/mol. The van der Waals surface area contributed by atoms with E-state index in [4.69, 9.17) is 4.74 Å². The van der Waals surface area contributed by atoms with Crippen molar-refractivity contribution < 1.29 is 9.53 Å². The first-order valence-electron chi connectivity index (χ1n) is 9.24. The van der Waals surface area contributed by atoms with Gasteiger partial charge in [-0.05, 0) is 31.4 Å². The number of carbonyl (C=O) groups is 1. The van der Waals surface area contributed by atoms with E-state index in [2.05, 4.69) is 27.6 Å². The van der Waals surface area contributed by atoms with Gasteiger partial charge in [0.25, 0.3) is 0 Å². The minimum Gasteiger partial charge on any atom is -0.473 e. The molecule has 0 radical (unpaired) electrons. The SMILES string of the molecule is Cc1ccc(OC2CCN(C(=O)NCCCc3ccccc3)CC2)nn1. The number of benzene rings is 1. The zero-order valence-corrected chi connectivity index (χ0v) is 15.2. The van der Waals surface area contributed by atoms with Gasteiger partial charge in [-0.15, -0.1) is 5.10 Å². The van der Waals surface area contributed by atoms with Crippen LogP contribution in [0, 0.1) is 6.92 Å². The number of aromatic nitrogens is 2. The van der Waals surface area contributed by atoms with E-state index in [1.54, 1.807) is 0 Å². The second-order valence-electron chi connectivity index (χ2n) is 6.64. The second-order valence-corrected chi connectivity index (χ2v) is 6.64. The highest BCUT2D eigenvalue weighted by Crippen LogP contribution is 2.17. The van der Waals surface area contributed by atoms with E-state index in [-0.39, 0.29) is 12.1 Å². The third-order valence-corrected chi connectivity index (χ3v) is 4.55. The second kappa shape index (κ2) is 9.17. The van der Waals surface area contributed by atoms with Crippen molar-refractivity contribution in [1.82, 2.24) is 20.4 Å². The number of rotatable bonds is 6. The summed E-state index contributed by atoms with van der Waals surface area (Å²) in [7, 11) is 0. The maximum absolute atomic E-state index is 12.3. The van der Waals surface area contributed by atoms with Crippen LogP contribution in [0.1, 0.15) is 30.5 Å². The first-order chi connectivity index (χ1) is 12.7. The molecule has 0 atom stereocenters. The Bertz CT molecular complexity index is 683. The maximum Gasteiger partial charge on any atom is 0.317 e. The number of urea groups is 1. The van der Waals surface area contributed by atoms with Crippen molar-refractivity contribution in [2.24, 2.45) is 0 Å². The van der Waals surface area contributed by atoms with Gasteiger partial charge in [-0.2, -0.15) is 5.10 Å². The van der Waals surface area contributed by atoms with Crippen LogP contribution in [0.2, 0.25) is 0 Å². The van der Waals surface area contributed by atoms with E-state index in [0.717, 1.165) is 31.4 Å². The van der Waals surface area contributed by atoms with Crippen molar-refractivity contribution >= 4 is 6.03 Å². The summed E-state index contributed by atoms with van der Waals surface area (Å²) in [4.78, 5) is 14.1. The van der Waals surface area contributed by atoms with Crippen LogP contribution >= 0.6 is 0 Å². The van der Waals surface area contributed by atoms with Gasteiger partial charge < -0.3 is 15.0 Å². The Morgan fingerprint density at radius 2 is 1.92 bits per heavy atom. The Morgan fingerprint density at radius 3 is 2.62 bits per heavy atom. The lowest BCUT2D eigenvalue weighted by Crippen LogP contribution is -2.46. The summed E-state index contributed by atoms with van der Waals surface area (Å²) in [5, 5.41) is 11.1. The van der Waals surface area contributed by atoms with Gasteiger partial charge in [0.15, 0.2) is 0 Å². The molecule has 1 saturated heterocycles. The van der Waals surface area contributed by atoms with Crippen LogP contribution in [0.5, 0.6) is 5.88 Å². The lowest BCUT2D eigenvalue weighted by atomic mass is 10.1. The number of hydrogen-bond donors (Lipinski definition) is 1. The van der Waals surface area contributed by atoms with Crippen LogP contribution < -0.4 is 10.1 Å². The smallest absolute Gasteiger partial charge is 0.317 e. The summed E-state index contributed by atoms with van der Waals surface area (Å²) in [5.41, 5.74) is 2.18. The Balaban J connectivity index is 1.33. The van der Waals surface area contributed by atoms with Gasteiger partial charge in [0.05, 0.1) is 5.69 Å². The van der Waals surface area contributed by atoms with Crippen molar-refractivity contribution in [3.8, 4) is 5.88 Å². The molecule has 0 saturated carbocycles. The molecule has 26 heavy (non-hydrogen) atoms. The molecule has 3 rings (SSSR count). The highest BCUT2D eigenvalue weighted by molar-refractivity contribution is 5.74. The molecule has 2 heterocycles. The molecule has 0 unspecified atom stereocenters. The Kier molecular flexibility index (Phi) is 6.41. The van der Waals surface area contributed by atoms with Crippen LogP contribution in [0.3, 0.4) is 0 Å². The molecule has 0 spiro atoms. The van der Waals surface area contributed by atoms with E-state index in [0.29, 0.717) is 25.5 Å². The number of hydrogen-bond acceptors (Lipinski definition) is 4. The molecular weight excluding hydrogens is 328 g/mol. The summed E-state index contributed by atoms with van der Waals surface area (Å²) in [5.74, 6) is 0.555. The number of piperidine rings is 1. The van der Waals surface area contributed by atoms with Crippen molar-refractivity contribution in [2.45, 2.75) is 38.7 Å². The molecular formula is C20H26N4O2. The van der Waals surface area contributed by atoms with Gasteiger partial charge in [-0.1, -0.05) is 30.3 Å². The van der Waals surface area contributed by atoms with Crippen molar-refractivity contribution in [2.75, 3.05) is 19.6 Å². The number of likely N-dealkylation sites (tertiary alicyclic amines) is 1. The monoisotopic (exact) mass is 354 g/mol. The minimum atomic E-state index is 0.0200. The lowest BCUT2D eigenvalue weighted by Gasteiger charge is -2.31. The Labute approximate surface area is 154 Å². The zero-order chi connectivity index (χ0) is 18.2. The van der Waals surface area contributed by atoms with E-state index >= 15 is 0 Å². The fraction of sp³-hybridized carbons (Fsp3) is 0.450. The van der Waals surface area contributed by atoms with Gasteiger partial charge in [0.2, 0.25) is 5.88 Å². The molecule has 1 aromatic carbocycles. The summed E-state index contributed by atoms with van der Waals surface area (Å²) in [6.07, 6.45) is 3.64. The third kappa shape index (κ3) is 5.44. The predicted molar refractivity (Wildman–Crippen MR) is 100 cm³/mol.